The topological polar surface area (TPSA) is 71.2 Å². The fourth-order valence-corrected chi connectivity index (χ4v) is 2.07. The van der Waals surface area contributed by atoms with Gasteiger partial charge in [0, 0.05) is 6.20 Å². The van der Waals surface area contributed by atoms with Crippen LogP contribution in [-0.4, -0.2) is 23.5 Å². The molecule has 1 amide bonds. The van der Waals surface area contributed by atoms with Gasteiger partial charge in [-0.3, -0.25) is 4.79 Å². The van der Waals surface area contributed by atoms with E-state index in [2.05, 4.69) is 10.3 Å². The first kappa shape index (κ1) is 15.8. The van der Waals surface area contributed by atoms with Gasteiger partial charge < -0.3 is 15.0 Å². The van der Waals surface area contributed by atoms with Crippen LogP contribution in [0.5, 0.6) is 0 Å². The van der Waals surface area contributed by atoms with Crippen molar-refractivity contribution in [2.45, 2.75) is 26.8 Å². The van der Waals surface area contributed by atoms with E-state index < -0.39 is 5.97 Å². The smallest absolute Gasteiger partial charge is 0.355 e. The average molecular weight is 300 g/mol. The molecular formula is C17H20N2O3. The molecule has 0 aliphatic carbocycles. The minimum absolute atomic E-state index is 0.143. The van der Waals surface area contributed by atoms with Crippen molar-refractivity contribution >= 4 is 11.9 Å². The molecule has 2 aromatic rings. The third-order valence-corrected chi connectivity index (χ3v) is 3.56. The number of carbonyl (C=O) groups is 2. The van der Waals surface area contributed by atoms with Crippen LogP contribution >= 0.6 is 0 Å². The van der Waals surface area contributed by atoms with Crippen LogP contribution in [0, 0.1) is 13.8 Å². The molecular weight excluding hydrogens is 280 g/mol. The number of rotatable bonds is 5. The highest BCUT2D eigenvalue weighted by molar-refractivity contribution is 5.89. The number of esters is 1. The van der Waals surface area contributed by atoms with Crippen LogP contribution in [0.25, 0.3) is 0 Å². The van der Waals surface area contributed by atoms with Crippen LogP contribution in [0.4, 0.5) is 0 Å². The van der Waals surface area contributed by atoms with E-state index in [-0.39, 0.29) is 18.6 Å². The van der Waals surface area contributed by atoms with E-state index >= 15 is 0 Å². The number of aromatic nitrogens is 1. The number of aryl methyl sites for hydroxylation is 2. The first-order valence-electron chi connectivity index (χ1n) is 7.14. The minimum Gasteiger partial charge on any atom is -0.451 e. The van der Waals surface area contributed by atoms with Crippen molar-refractivity contribution in [1.29, 1.82) is 0 Å². The van der Waals surface area contributed by atoms with Crippen molar-refractivity contribution in [3.8, 4) is 0 Å². The van der Waals surface area contributed by atoms with Crippen LogP contribution in [0.3, 0.4) is 0 Å². The predicted octanol–water partition coefficient (Wildman–Crippen LogP) is 2.67. The summed E-state index contributed by atoms with van der Waals surface area (Å²) in [6.07, 6.45) is 1.62. The fraction of sp³-hybridized carbons (Fsp3) is 0.294. The van der Waals surface area contributed by atoms with Gasteiger partial charge >= 0.3 is 5.97 Å². The maximum atomic E-state index is 11.9. The number of H-pyrrole nitrogens is 1. The normalized spacial score (nSPS) is 11.8. The molecule has 0 saturated carbocycles. The Morgan fingerprint density at radius 1 is 1.23 bits per heavy atom. The van der Waals surface area contributed by atoms with Gasteiger partial charge in [-0.15, -0.1) is 0 Å². The highest BCUT2D eigenvalue weighted by Crippen LogP contribution is 2.16. The molecule has 0 aliphatic rings. The summed E-state index contributed by atoms with van der Waals surface area (Å²) in [6.45, 7) is 5.68. The second kappa shape index (κ2) is 6.93. The lowest BCUT2D eigenvalue weighted by molar-refractivity contribution is -0.124. The lowest BCUT2D eigenvalue weighted by Gasteiger charge is -2.15. The van der Waals surface area contributed by atoms with Crippen LogP contribution in [-0.2, 0) is 9.53 Å². The Bertz CT molecular complexity index is 663. The molecule has 1 aromatic heterocycles. The molecule has 0 saturated heterocycles. The van der Waals surface area contributed by atoms with E-state index in [1.807, 2.05) is 39.0 Å². The van der Waals surface area contributed by atoms with Crippen LogP contribution in [0.15, 0.2) is 36.5 Å². The number of aromatic amines is 1. The second-order valence-electron chi connectivity index (χ2n) is 5.29. The van der Waals surface area contributed by atoms with Gasteiger partial charge in [0.1, 0.15) is 5.69 Å². The van der Waals surface area contributed by atoms with Gasteiger partial charge in [-0.1, -0.05) is 18.2 Å². The third-order valence-electron chi connectivity index (χ3n) is 3.56. The Kier molecular flexibility index (Phi) is 4.99. The van der Waals surface area contributed by atoms with Gasteiger partial charge in [-0.2, -0.15) is 0 Å². The molecule has 1 heterocycles. The van der Waals surface area contributed by atoms with Crippen molar-refractivity contribution in [2.75, 3.05) is 6.61 Å². The van der Waals surface area contributed by atoms with Crippen molar-refractivity contribution in [3.05, 3.63) is 58.9 Å². The predicted molar refractivity (Wildman–Crippen MR) is 83.5 cm³/mol. The lowest BCUT2D eigenvalue weighted by Crippen LogP contribution is -2.31. The summed E-state index contributed by atoms with van der Waals surface area (Å²) < 4.78 is 4.95. The van der Waals surface area contributed by atoms with E-state index in [1.165, 1.54) is 11.1 Å². The van der Waals surface area contributed by atoms with Gasteiger partial charge in [0.05, 0.1) is 6.04 Å². The van der Waals surface area contributed by atoms with Crippen LogP contribution < -0.4 is 5.32 Å². The Hall–Kier alpha value is -2.56. The molecule has 2 rings (SSSR count). The summed E-state index contributed by atoms with van der Waals surface area (Å²) in [6, 6.07) is 9.20. The molecule has 1 atom stereocenters. The molecule has 0 radical (unpaired) electrons. The van der Waals surface area contributed by atoms with E-state index in [0.717, 1.165) is 5.56 Å². The second-order valence-corrected chi connectivity index (χ2v) is 5.29. The Morgan fingerprint density at radius 2 is 2.00 bits per heavy atom. The highest BCUT2D eigenvalue weighted by atomic mass is 16.5. The fourth-order valence-electron chi connectivity index (χ4n) is 2.07. The van der Waals surface area contributed by atoms with Gasteiger partial charge in [-0.05, 0) is 49.6 Å². The lowest BCUT2D eigenvalue weighted by atomic mass is 10.0. The van der Waals surface area contributed by atoms with E-state index in [1.54, 1.807) is 18.3 Å². The molecule has 5 heteroatoms. The standard InChI is InChI=1S/C17H20N2O3/c1-11-6-7-14(9-12(11)2)13(3)19-16(20)10-22-17(21)15-5-4-8-18-15/h4-9,13,18H,10H2,1-3H3,(H,19,20)/t13-/m0/s1. The Labute approximate surface area is 129 Å². The number of benzene rings is 1. The molecule has 116 valence electrons. The maximum absolute atomic E-state index is 11.9. The molecule has 0 aliphatic heterocycles. The molecule has 5 nitrogen and oxygen atoms in total. The zero-order valence-electron chi connectivity index (χ0n) is 13.0. The first-order valence-corrected chi connectivity index (χ1v) is 7.14. The van der Waals surface area contributed by atoms with Crippen LogP contribution in [0.2, 0.25) is 0 Å². The molecule has 0 spiro atoms. The monoisotopic (exact) mass is 300 g/mol. The van der Waals surface area contributed by atoms with E-state index in [0.29, 0.717) is 5.69 Å². The Balaban J connectivity index is 1.86. The van der Waals surface area contributed by atoms with Gasteiger partial charge in [-0.25, -0.2) is 4.79 Å². The molecule has 0 unspecified atom stereocenters. The summed E-state index contributed by atoms with van der Waals surface area (Å²) >= 11 is 0. The quantitative estimate of drug-likeness (QED) is 0.834. The molecule has 2 N–H and O–H groups in total. The van der Waals surface area contributed by atoms with Crippen molar-refractivity contribution in [1.82, 2.24) is 10.3 Å². The molecule has 1 aromatic carbocycles. The molecule has 0 fully saturated rings. The van der Waals surface area contributed by atoms with Gasteiger partial charge in [0.25, 0.3) is 5.91 Å². The number of nitrogens with one attached hydrogen (secondary N) is 2. The average Bonchev–Trinajstić information content (AvgIpc) is 3.02. The summed E-state index contributed by atoms with van der Waals surface area (Å²) in [5.74, 6) is -0.871. The third kappa shape index (κ3) is 3.97. The van der Waals surface area contributed by atoms with Crippen molar-refractivity contribution in [3.63, 3.8) is 0 Å². The SMILES string of the molecule is Cc1ccc([C@H](C)NC(=O)COC(=O)c2ccc[nH]2)cc1C. The largest absolute Gasteiger partial charge is 0.451 e. The van der Waals surface area contributed by atoms with E-state index in [4.69, 9.17) is 4.74 Å². The van der Waals surface area contributed by atoms with E-state index in [9.17, 15) is 9.59 Å². The summed E-state index contributed by atoms with van der Waals surface area (Å²) in [7, 11) is 0. The number of carbonyl (C=O) groups excluding carboxylic acids is 2. The Morgan fingerprint density at radius 3 is 2.64 bits per heavy atom. The number of hydrogen-bond acceptors (Lipinski definition) is 3. The molecule has 22 heavy (non-hydrogen) atoms. The van der Waals surface area contributed by atoms with Gasteiger partial charge in [0.2, 0.25) is 0 Å². The number of hydrogen-bond donors (Lipinski definition) is 2. The highest BCUT2D eigenvalue weighted by Gasteiger charge is 2.13. The number of ether oxygens (including phenoxy) is 1. The van der Waals surface area contributed by atoms with Crippen molar-refractivity contribution in [2.24, 2.45) is 0 Å². The summed E-state index contributed by atoms with van der Waals surface area (Å²) in [5, 5.41) is 2.82. The van der Waals surface area contributed by atoms with Crippen LogP contribution in [0.1, 0.15) is 40.1 Å². The summed E-state index contributed by atoms with van der Waals surface area (Å²) in [4.78, 5) is 26.2. The summed E-state index contributed by atoms with van der Waals surface area (Å²) in [5.41, 5.74) is 3.74. The maximum Gasteiger partial charge on any atom is 0.355 e. The van der Waals surface area contributed by atoms with Crippen molar-refractivity contribution < 1.29 is 14.3 Å². The zero-order valence-corrected chi connectivity index (χ0v) is 13.0. The minimum atomic E-state index is -0.543. The molecule has 0 bridgehead atoms. The zero-order chi connectivity index (χ0) is 16.1. The first-order chi connectivity index (χ1) is 10.5. The number of amides is 1. The van der Waals surface area contributed by atoms with Gasteiger partial charge in [0.15, 0.2) is 6.61 Å².